The molecule has 1 fully saturated rings. The number of hydrogen-bond acceptors (Lipinski definition) is 3. The molecule has 0 aromatic rings. The second-order valence-corrected chi connectivity index (χ2v) is 2.63. The molecule has 4 nitrogen and oxygen atoms in total. The molecular weight excluding hydrogens is 154 g/mol. The van der Waals surface area contributed by atoms with E-state index in [2.05, 4.69) is 12.6 Å². The Morgan fingerprint density at radius 3 is 2.90 bits per heavy atom. The van der Waals surface area contributed by atoms with Gasteiger partial charge in [-0.25, -0.2) is 4.79 Å². The first kappa shape index (κ1) is 7.68. The van der Waals surface area contributed by atoms with Crippen molar-refractivity contribution in [3.63, 3.8) is 0 Å². The van der Waals surface area contributed by atoms with Crippen LogP contribution >= 0.6 is 12.6 Å². The number of morpholine rings is 1. The fourth-order valence-corrected chi connectivity index (χ4v) is 1.13. The molecule has 0 aliphatic carbocycles. The third kappa shape index (κ3) is 1.54. The maximum atomic E-state index is 10.4. The topological polar surface area (TPSA) is 49.8 Å². The fraction of sp³-hybridized carbons (Fsp3) is 0.800. The minimum atomic E-state index is -0.928. The van der Waals surface area contributed by atoms with Crippen molar-refractivity contribution >= 4 is 18.7 Å². The Morgan fingerprint density at radius 1 is 1.80 bits per heavy atom. The predicted molar refractivity (Wildman–Crippen MR) is 38.3 cm³/mol. The van der Waals surface area contributed by atoms with Gasteiger partial charge in [0.1, 0.15) is 5.37 Å². The molecular formula is C5H9NO3S. The SMILES string of the molecule is O=C(O)N1CCOCC1S. The van der Waals surface area contributed by atoms with Gasteiger partial charge < -0.3 is 9.84 Å². The quantitative estimate of drug-likeness (QED) is 0.503. The van der Waals surface area contributed by atoms with Crippen LogP contribution in [0, 0.1) is 0 Å². The summed E-state index contributed by atoms with van der Waals surface area (Å²) in [6.07, 6.45) is -0.928. The summed E-state index contributed by atoms with van der Waals surface area (Å²) in [4.78, 5) is 11.6. The Hall–Kier alpha value is -0.420. The van der Waals surface area contributed by atoms with E-state index in [4.69, 9.17) is 9.84 Å². The molecule has 0 spiro atoms. The van der Waals surface area contributed by atoms with Gasteiger partial charge in [0.05, 0.1) is 13.2 Å². The van der Waals surface area contributed by atoms with E-state index >= 15 is 0 Å². The average molecular weight is 163 g/mol. The van der Waals surface area contributed by atoms with Crippen molar-refractivity contribution in [1.82, 2.24) is 4.90 Å². The van der Waals surface area contributed by atoms with E-state index in [1.54, 1.807) is 0 Å². The Labute approximate surface area is 64.2 Å². The van der Waals surface area contributed by atoms with Crippen molar-refractivity contribution in [3.8, 4) is 0 Å². The summed E-state index contributed by atoms with van der Waals surface area (Å²) in [6.45, 7) is 1.28. The van der Waals surface area contributed by atoms with Crippen LogP contribution < -0.4 is 0 Å². The lowest BCUT2D eigenvalue weighted by atomic mass is 10.4. The monoisotopic (exact) mass is 163 g/mol. The zero-order chi connectivity index (χ0) is 7.56. The van der Waals surface area contributed by atoms with Crippen LogP contribution in [0.15, 0.2) is 0 Å². The standard InChI is InChI=1S/C5H9NO3S/c7-5(8)6-1-2-9-3-4(6)10/h4,10H,1-3H2,(H,7,8). The summed E-state index contributed by atoms with van der Waals surface area (Å²) in [5, 5.41) is 8.23. The Kier molecular flexibility index (Phi) is 2.39. The van der Waals surface area contributed by atoms with Gasteiger partial charge in [0.2, 0.25) is 0 Å². The number of rotatable bonds is 0. The van der Waals surface area contributed by atoms with Gasteiger partial charge in [0, 0.05) is 6.54 Å². The van der Waals surface area contributed by atoms with E-state index in [1.165, 1.54) is 4.90 Å². The van der Waals surface area contributed by atoms with Gasteiger partial charge in [0.15, 0.2) is 0 Å². The van der Waals surface area contributed by atoms with Crippen molar-refractivity contribution in [3.05, 3.63) is 0 Å². The van der Waals surface area contributed by atoms with Crippen LogP contribution in [0.2, 0.25) is 0 Å². The molecule has 58 valence electrons. The van der Waals surface area contributed by atoms with Crippen molar-refractivity contribution in [2.24, 2.45) is 0 Å². The number of carboxylic acid groups (broad SMARTS) is 1. The van der Waals surface area contributed by atoms with Gasteiger partial charge in [-0.15, -0.1) is 0 Å². The number of nitrogens with zero attached hydrogens (tertiary/aromatic N) is 1. The molecule has 1 unspecified atom stereocenters. The Bertz CT molecular complexity index is 141. The molecule has 0 aromatic carbocycles. The number of ether oxygens (including phenoxy) is 1. The molecule has 1 saturated heterocycles. The third-order valence-electron chi connectivity index (χ3n) is 1.35. The molecule has 0 aromatic heterocycles. The van der Waals surface area contributed by atoms with E-state index < -0.39 is 6.09 Å². The highest BCUT2D eigenvalue weighted by molar-refractivity contribution is 7.80. The predicted octanol–water partition coefficient (Wildman–Crippen LogP) is 0.253. The lowest BCUT2D eigenvalue weighted by Gasteiger charge is -2.29. The highest BCUT2D eigenvalue weighted by Gasteiger charge is 2.23. The van der Waals surface area contributed by atoms with Gasteiger partial charge in [0.25, 0.3) is 0 Å². The van der Waals surface area contributed by atoms with Crippen molar-refractivity contribution < 1.29 is 14.6 Å². The van der Waals surface area contributed by atoms with Crippen LogP contribution in [-0.4, -0.2) is 41.2 Å². The minimum Gasteiger partial charge on any atom is -0.465 e. The summed E-state index contributed by atoms with van der Waals surface area (Å²) in [6, 6.07) is 0. The minimum absolute atomic E-state index is 0.300. The first-order valence-electron chi connectivity index (χ1n) is 2.97. The highest BCUT2D eigenvalue weighted by Crippen LogP contribution is 2.09. The van der Waals surface area contributed by atoms with Crippen LogP contribution in [0.4, 0.5) is 4.79 Å². The lowest BCUT2D eigenvalue weighted by molar-refractivity contribution is 0.0287. The van der Waals surface area contributed by atoms with E-state index in [0.717, 1.165) is 0 Å². The van der Waals surface area contributed by atoms with Crippen molar-refractivity contribution in [1.29, 1.82) is 0 Å². The van der Waals surface area contributed by atoms with Gasteiger partial charge in [-0.2, -0.15) is 12.6 Å². The van der Waals surface area contributed by atoms with Crippen LogP contribution in [-0.2, 0) is 4.74 Å². The summed E-state index contributed by atoms with van der Waals surface area (Å²) < 4.78 is 4.98. The second-order valence-electron chi connectivity index (χ2n) is 2.03. The van der Waals surface area contributed by atoms with E-state index in [0.29, 0.717) is 19.8 Å². The molecule has 1 rings (SSSR count). The highest BCUT2D eigenvalue weighted by atomic mass is 32.1. The fourth-order valence-electron chi connectivity index (χ4n) is 0.814. The molecule has 1 aliphatic rings. The number of carbonyl (C=O) groups is 1. The average Bonchev–Trinajstić information content (AvgIpc) is 1.88. The second kappa shape index (κ2) is 3.12. The van der Waals surface area contributed by atoms with E-state index in [-0.39, 0.29) is 5.37 Å². The number of amides is 1. The summed E-state index contributed by atoms with van der Waals surface area (Å²) in [7, 11) is 0. The number of hydrogen-bond donors (Lipinski definition) is 2. The van der Waals surface area contributed by atoms with Crippen molar-refractivity contribution in [2.75, 3.05) is 19.8 Å². The maximum Gasteiger partial charge on any atom is 0.408 e. The van der Waals surface area contributed by atoms with Crippen LogP contribution in [0.25, 0.3) is 0 Å². The van der Waals surface area contributed by atoms with Crippen LogP contribution in [0.3, 0.4) is 0 Å². The van der Waals surface area contributed by atoms with Crippen LogP contribution in [0.1, 0.15) is 0 Å². The Morgan fingerprint density at radius 2 is 2.50 bits per heavy atom. The Balaban J connectivity index is 2.47. The molecule has 0 saturated carbocycles. The van der Waals surface area contributed by atoms with Crippen LogP contribution in [0.5, 0.6) is 0 Å². The zero-order valence-electron chi connectivity index (χ0n) is 5.36. The molecule has 1 atom stereocenters. The molecule has 10 heavy (non-hydrogen) atoms. The first-order chi connectivity index (χ1) is 4.72. The molecule has 0 radical (unpaired) electrons. The molecule has 5 heteroatoms. The normalized spacial score (nSPS) is 26.5. The van der Waals surface area contributed by atoms with Gasteiger partial charge in [-0.3, -0.25) is 4.90 Å². The largest absolute Gasteiger partial charge is 0.465 e. The van der Waals surface area contributed by atoms with Gasteiger partial charge >= 0.3 is 6.09 Å². The molecule has 1 amide bonds. The molecule has 1 aliphatic heterocycles. The number of thiol groups is 1. The third-order valence-corrected chi connectivity index (χ3v) is 1.78. The first-order valence-corrected chi connectivity index (χ1v) is 3.49. The summed E-state index contributed by atoms with van der Waals surface area (Å²) >= 11 is 4.02. The lowest BCUT2D eigenvalue weighted by Crippen LogP contribution is -2.45. The summed E-state index contributed by atoms with van der Waals surface area (Å²) in [5.41, 5.74) is 0. The zero-order valence-corrected chi connectivity index (χ0v) is 6.25. The summed E-state index contributed by atoms with van der Waals surface area (Å²) in [5.74, 6) is 0. The smallest absolute Gasteiger partial charge is 0.408 e. The van der Waals surface area contributed by atoms with Crippen molar-refractivity contribution in [2.45, 2.75) is 5.37 Å². The van der Waals surface area contributed by atoms with E-state index in [1.807, 2.05) is 0 Å². The molecule has 0 bridgehead atoms. The van der Waals surface area contributed by atoms with E-state index in [9.17, 15) is 4.79 Å². The van der Waals surface area contributed by atoms with Gasteiger partial charge in [-0.1, -0.05) is 0 Å². The molecule has 1 N–H and O–H groups in total. The van der Waals surface area contributed by atoms with Gasteiger partial charge in [-0.05, 0) is 0 Å². The maximum absolute atomic E-state index is 10.4. The molecule has 1 heterocycles.